The van der Waals surface area contributed by atoms with E-state index in [9.17, 15) is 9.46 Å². The Morgan fingerprint density at radius 3 is 2.14 bits per heavy atom. The zero-order chi connectivity index (χ0) is 6.08. The number of nitrogens with two attached hydrogens (primary N) is 2. The highest BCUT2D eigenvalue weighted by Crippen LogP contribution is 2.24. The van der Waals surface area contributed by atoms with Gasteiger partial charge in [-0.25, -0.2) is 0 Å². The van der Waals surface area contributed by atoms with Crippen molar-refractivity contribution in [2.24, 2.45) is 5.73 Å². The summed E-state index contributed by atoms with van der Waals surface area (Å²) in [6, 6.07) is 0. The molecule has 0 bridgehead atoms. The molecule has 0 aliphatic heterocycles. The number of rotatable bonds is 1. The molecule has 0 aromatic rings. The van der Waals surface area contributed by atoms with E-state index in [1.54, 1.807) is 0 Å². The van der Waals surface area contributed by atoms with Gasteiger partial charge in [0, 0.05) is 0 Å². The Hall–Kier alpha value is -0.380. The van der Waals surface area contributed by atoms with Crippen molar-refractivity contribution in [3.05, 3.63) is 0 Å². The topological polar surface area (TPSA) is 112 Å². The van der Waals surface area contributed by atoms with Crippen molar-refractivity contribution in [3.8, 4) is 0 Å². The van der Waals surface area contributed by atoms with Crippen LogP contribution < -0.4 is 16.0 Å². The molecule has 5 nitrogen and oxygen atoms in total. The summed E-state index contributed by atoms with van der Waals surface area (Å²) in [4.78, 5) is 17.4. The zero-order valence-electron chi connectivity index (χ0n) is 3.37. The summed E-state index contributed by atoms with van der Waals surface area (Å²) < 4.78 is 9.63. The van der Waals surface area contributed by atoms with Gasteiger partial charge in [0.15, 0.2) is 0 Å². The molecule has 42 valence electrons. The summed E-state index contributed by atoms with van der Waals surface area (Å²) in [7, 11) is -4.52. The highest BCUT2D eigenvalue weighted by atomic mass is 31.2. The molecule has 7 heavy (non-hydrogen) atoms. The molecule has 6 heteroatoms. The van der Waals surface area contributed by atoms with Crippen molar-refractivity contribution in [2.75, 3.05) is 0 Å². The van der Waals surface area contributed by atoms with Gasteiger partial charge in [-0.15, -0.1) is 0 Å². The van der Waals surface area contributed by atoms with Gasteiger partial charge in [-0.3, -0.25) is 15.7 Å². The lowest BCUT2D eigenvalue weighted by molar-refractivity contribution is -0.195. The summed E-state index contributed by atoms with van der Waals surface area (Å²) in [5, 5.41) is 4.44. The zero-order valence-corrected chi connectivity index (χ0v) is 4.26. The summed E-state index contributed by atoms with van der Waals surface area (Å²) in [5.41, 5.74) is 3.49. The molecule has 0 aromatic carbocycles. The van der Waals surface area contributed by atoms with Gasteiger partial charge in [0.1, 0.15) is 0 Å². The molecule has 0 radical (unpaired) electrons. The Kier molecular flexibility index (Phi) is 1.53. The van der Waals surface area contributed by atoms with Gasteiger partial charge in [-0.1, -0.05) is 0 Å². The van der Waals surface area contributed by atoms with Crippen LogP contribution in [-0.2, 0) is 4.57 Å². The van der Waals surface area contributed by atoms with Crippen LogP contribution in [0.3, 0.4) is 0 Å². The minimum atomic E-state index is -4.52. The van der Waals surface area contributed by atoms with E-state index >= 15 is 0 Å². The largest absolute Gasteiger partial charge is 0.770 e. The molecule has 0 saturated carbocycles. The molecule has 1 atom stereocenters. The molecule has 0 aliphatic rings. The van der Waals surface area contributed by atoms with Crippen LogP contribution in [0.4, 0.5) is 0 Å². The Labute approximate surface area is 39.8 Å². The molecule has 0 rings (SSSR count). The quantitative estimate of drug-likeness (QED) is 0.192. The summed E-state index contributed by atoms with van der Waals surface area (Å²) in [5.74, 6) is 0. The second-order valence-corrected chi connectivity index (χ2v) is 2.50. The first-order valence-corrected chi connectivity index (χ1v) is 2.94. The average Bonchev–Trinajstić information content (AvgIpc) is 1.31. The third-order valence-corrected chi connectivity index (χ3v) is 0.979. The lowest BCUT2D eigenvalue weighted by Gasteiger charge is -2.06. The summed E-state index contributed by atoms with van der Waals surface area (Å²) in [6.07, 6.45) is 0. The van der Waals surface area contributed by atoms with Gasteiger partial charge in [0.25, 0.3) is 0 Å². The molecule has 5 N–H and O–H groups in total. The highest BCUT2D eigenvalue weighted by molar-refractivity contribution is 7.68. The van der Waals surface area contributed by atoms with Crippen LogP contribution in [0.2, 0.25) is 0 Å². The third-order valence-electron chi connectivity index (χ3n) is 0.326. The van der Waals surface area contributed by atoms with Gasteiger partial charge in [0.05, 0.1) is 0 Å². The highest BCUT2D eigenvalue weighted by Gasteiger charge is 2.09. The van der Waals surface area contributed by atoms with Crippen molar-refractivity contribution in [1.29, 1.82) is 0 Å². The van der Waals surface area contributed by atoms with E-state index in [2.05, 4.69) is 11.1 Å². The fraction of sp³-hybridized carbons (Fsp3) is 0. The molecule has 0 spiro atoms. The fourth-order valence-electron chi connectivity index (χ4n) is 0. The van der Waals surface area contributed by atoms with Gasteiger partial charge >= 0.3 is 5.58 Å². The van der Waals surface area contributed by atoms with Crippen molar-refractivity contribution < 1.29 is 19.8 Å². The van der Waals surface area contributed by atoms with Gasteiger partial charge in [-0.05, 0) is 0 Å². The van der Waals surface area contributed by atoms with E-state index in [-0.39, 0.29) is 0 Å². The minimum absolute atomic E-state index is 0.951. The average molecular weight is 124 g/mol. The molecule has 0 fully saturated rings. The Bertz CT molecular complexity index is 125. The maximum atomic E-state index is 9.63. The molecule has 0 aliphatic carbocycles. The molecule has 0 amide bonds. The number of hydrogen-bond acceptors (Lipinski definition) is 2. The van der Waals surface area contributed by atoms with Crippen LogP contribution in [0.5, 0.6) is 0 Å². The Morgan fingerprint density at radius 1 is 2.00 bits per heavy atom. The van der Waals surface area contributed by atoms with Gasteiger partial charge in [0.2, 0.25) is 7.60 Å². The first kappa shape index (κ1) is 6.62. The minimum Gasteiger partial charge on any atom is -0.770 e. The molecular formula is CH5N2O3P. The molecule has 0 saturated heterocycles. The Morgan fingerprint density at radius 2 is 2.14 bits per heavy atom. The van der Waals surface area contributed by atoms with E-state index in [0.29, 0.717) is 0 Å². The van der Waals surface area contributed by atoms with Crippen LogP contribution in [-0.4, -0.2) is 10.5 Å². The fourth-order valence-corrected chi connectivity index (χ4v) is 0. The van der Waals surface area contributed by atoms with Crippen molar-refractivity contribution in [2.45, 2.75) is 0 Å². The van der Waals surface area contributed by atoms with Gasteiger partial charge in [-0.2, -0.15) is 0 Å². The lowest BCUT2D eigenvalue weighted by Crippen LogP contribution is -2.47. The first-order chi connectivity index (χ1) is 2.94. The summed E-state index contributed by atoms with van der Waals surface area (Å²) in [6.45, 7) is 0. The van der Waals surface area contributed by atoms with Crippen molar-refractivity contribution in [1.82, 2.24) is 0 Å². The van der Waals surface area contributed by atoms with Crippen molar-refractivity contribution >= 4 is 13.2 Å². The predicted molar refractivity (Wildman–Crippen MR) is 20.9 cm³/mol. The number of hydrogen-bond donors (Lipinski definition) is 3. The second-order valence-electron chi connectivity index (χ2n) is 0.945. The van der Waals surface area contributed by atoms with E-state index in [4.69, 9.17) is 4.89 Å². The number of amidine groups is 1. The molecular weight excluding hydrogens is 119 g/mol. The van der Waals surface area contributed by atoms with E-state index < -0.39 is 13.2 Å². The van der Waals surface area contributed by atoms with Crippen molar-refractivity contribution in [3.63, 3.8) is 0 Å². The monoisotopic (exact) mass is 124 g/mol. The molecule has 0 aromatic heterocycles. The van der Waals surface area contributed by atoms with Crippen LogP contribution >= 0.6 is 7.60 Å². The first-order valence-electron chi connectivity index (χ1n) is 1.37. The normalized spacial score (nSPS) is 18.0. The van der Waals surface area contributed by atoms with E-state index in [1.807, 2.05) is 0 Å². The maximum Gasteiger partial charge on any atom is 0.309 e. The lowest BCUT2D eigenvalue weighted by atomic mass is 11.4. The van der Waals surface area contributed by atoms with Crippen LogP contribution in [0, 0.1) is 0 Å². The van der Waals surface area contributed by atoms with Crippen LogP contribution in [0.1, 0.15) is 0 Å². The second kappa shape index (κ2) is 1.61. The van der Waals surface area contributed by atoms with Crippen LogP contribution in [0.15, 0.2) is 0 Å². The SMILES string of the molecule is NC(=[NH2+])P(=O)([O-])O. The Balaban J connectivity index is 4.09. The van der Waals surface area contributed by atoms with E-state index in [0.717, 1.165) is 0 Å². The standard InChI is InChI=1S/CH5N2O3P/c2-1(3)7(4,5)6/h(H3,2,3)(H2,4,5,6). The molecule has 1 unspecified atom stereocenters. The third kappa shape index (κ3) is 2.33. The predicted octanol–water partition coefficient (Wildman–Crippen LogP) is -3.39. The van der Waals surface area contributed by atoms with Crippen LogP contribution in [0.25, 0.3) is 0 Å². The smallest absolute Gasteiger partial charge is 0.309 e. The summed E-state index contributed by atoms with van der Waals surface area (Å²) >= 11 is 0. The maximum absolute atomic E-state index is 9.63. The van der Waals surface area contributed by atoms with Gasteiger partial charge < -0.3 is 9.79 Å². The molecule has 0 heterocycles. The van der Waals surface area contributed by atoms with E-state index in [1.165, 1.54) is 0 Å².